The van der Waals surface area contributed by atoms with E-state index in [9.17, 15) is 0 Å². The summed E-state index contributed by atoms with van der Waals surface area (Å²) >= 11 is 0. The van der Waals surface area contributed by atoms with Gasteiger partial charge < -0.3 is 4.74 Å². The van der Waals surface area contributed by atoms with Crippen molar-refractivity contribution in [3.8, 4) is 5.75 Å². The van der Waals surface area contributed by atoms with Gasteiger partial charge in [-0.2, -0.15) is 5.10 Å². The standard InChI is InChI=1S/C11H18N2O/c1-2-6-13-8-11(7-12-13)14-9-10-4-3-5-10/h7-8,10H,2-6,9H2,1H3. The summed E-state index contributed by atoms with van der Waals surface area (Å²) in [4.78, 5) is 0. The molecule has 0 aliphatic heterocycles. The van der Waals surface area contributed by atoms with Gasteiger partial charge in [0.2, 0.25) is 0 Å². The van der Waals surface area contributed by atoms with Gasteiger partial charge in [-0.15, -0.1) is 0 Å². The minimum Gasteiger partial charge on any atom is -0.490 e. The van der Waals surface area contributed by atoms with Crippen molar-refractivity contribution in [2.45, 2.75) is 39.2 Å². The van der Waals surface area contributed by atoms with Gasteiger partial charge in [-0.05, 0) is 25.2 Å². The van der Waals surface area contributed by atoms with Gasteiger partial charge in [0.25, 0.3) is 0 Å². The molecule has 0 radical (unpaired) electrons. The van der Waals surface area contributed by atoms with Crippen LogP contribution in [0.15, 0.2) is 12.4 Å². The van der Waals surface area contributed by atoms with E-state index in [1.807, 2.05) is 17.1 Å². The third kappa shape index (κ3) is 2.28. The summed E-state index contributed by atoms with van der Waals surface area (Å²) in [5.41, 5.74) is 0. The van der Waals surface area contributed by atoms with Crippen LogP contribution in [-0.4, -0.2) is 16.4 Å². The normalized spacial score (nSPS) is 16.6. The molecule has 14 heavy (non-hydrogen) atoms. The summed E-state index contributed by atoms with van der Waals surface area (Å²) in [6.07, 6.45) is 8.97. The summed E-state index contributed by atoms with van der Waals surface area (Å²) in [6.45, 7) is 4.00. The Morgan fingerprint density at radius 2 is 2.43 bits per heavy atom. The molecule has 0 spiro atoms. The Bertz CT molecular complexity index is 279. The monoisotopic (exact) mass is 194 g/mol. The van der Waals surface area contributed by atoms with Gasteiger partial charge in [0.15, 0.2) is 5.75 Å². The van der Waals surface area contributed by atoms with Gasteiger partial charge in [0.05, 0.1) is 19.0 Å². The SMILES string of the molecule is CCCn1cc(OCC2CCC2)cn1. The molecule has 0 N–H and O–H groups in total. The zero-order valence-electron chi connectivity index (χ0n) is 8.78. The first-order valence-electron chi connectivity index (χ1n) is 5.53. The van der Waals surface area contributed by atoms with Crippen LogP contribution in [0.2, 0.25) is 0 Å². The van der Waals surface area contributed by atoms with Crippen molar-refractivity contribution < 1.29 is 4.74 Å². The first-order valence-corrected chi connectivity index (χ1v) is 5.53. The molecule has 2 rings (SSSR count). The lowest BCUT2D eigenvalue weighted by Gasteiger charge is -2.24. The highest BCUT2D eigenvalue weighted by Crippen LogP contribution is 2.26. The van der Waals surface area contributed by atoms with Crippen LogP contribution in [0, 0.1) is 5.92 Å². The first-order chi connectivity index (χ1) is 6.88. The van der Waals surface area contributed by atoms with Crippen LogP contribution in [0.3, 0.4) is 0 Å². The van der Waals surface area contributed by atoms with Gasteiger partial charge in [-0.1, -0.05) is 13.3 Å². The molecule has 0 aromatic carbocycles. The molecule has 0 bridgehead atoms. The Kier molecular flexibility index (Phi) is 3.07. The van der Waals surface area contributed by atoms with Crippen molar-refractivity contribution in [3.63, 3.8) is 0 Å². The molecule has 0 amide bonds. The van der Waals surface area contributed by atoms with E-state index >= 15 is 0 Å². The molecule has 3 heteroatoms. The molecule has 1 aromatic heterocycles. The van der Waals surface area contributed by atoms with Crippen molar-refractivity contribution in [3.05, 3.63) is 12.4 Å². The molecule has 1 aromatic rings. The second-order valence-corrected chi connectivity index (χ2v) is 4.05. The first kappa shape index (κ1) is 9.56. The number of aromatic nitrogens is 2. The van der Waals surface area contributed by atoms with E-state index in [1.165, 1.54) is 19.3 Å². The van der Waals surface area contributed by atoms with Crippen LogP contribution >= 0.6 is 0 Å². The van der Waals surface area contributed by atoms with E-state index in [-0.39, 0.29) is 0 Å². The molecule has 1 aliphatic rings. The quantitative estimate of drug-likeness (QED) is 0.720. The average molecular weight is 194 g/mol. The Morgan fingerprint density at radius 3 is 3.07 bits per heavy atom. The third-order valence-electron chi connectivity index (χ3n) is 2.77. The number of hydrogen-bond donors (Lipinski definition) is 0. The van der Waals surface area contributed by atoms with Crippen LogP contribution in [0.5, 0.6) is 5.75 Å². The number of ether oxygens (including phenoxy) is 1. The highest BCUT2D eigenvalue weighted by Gasteiger charge is 2.17. The van der Waals surface area contributed by atoms with Gasteiger partial charge in [-0.3, -0.25) is 4.68 Å². The molecule has 3 nitrogen and oxygen atoms in total. The maximum absolute atomic E-state index is 5.65. The Morgan fingerprint density at radius 1 is 1.57 bits per heavy atom. The molecule has 0 atom stereocenters. The lowest BCUT2D eigenvalue weighted by Crippen LogP contribution is -2.19. The Hall–Kier alpha value is -0.990. The highest BCUT2D eigenvalue weighted by molar-refractivity contribution is 5.11. The van der Waals surface area contributed by atoms with Gasteiger partial charge in [-0.25, -0.2) is 0 Å². The second kappa shape index (κ2) is 4.49. The highest BCUT2D eigenvalue weighted by atomic mass is 16.5. The van der Waals surface area contributed by atoms with E-state index in [2.05, 4.69) is 12.0 Å². The predicted octanol–water partition coefficient (Wildman–Crippen LogP) is 2.47. The maximum atomic E-state index is 5.65. The fourth-order valence-corrected chi connectivity index (χ4v) is 1.64. The van der Waals surface area contributed by atoms with E-state index in [0.29, 0.717) is 0 Å². The second-order valence-electron chi connectivity index (χ2n) is 4.05. The predicted molar refractivity (Wildman–Crippen MR) is 55.4 cm³/mol. The molecular weight excluding hydrogens is 176 g/mol. The molecule has 0 unspecified atom stereocenters. The lowest BCUT2D eigenvalue weighted by atomic mass is 9.86. The van der Waals surface area contributed by atoms with Gasteiger partial charge >= 0.3 is 0 Å². The minimum absolute atomic E-state index is 0.796. The van der Waals surface area contributed by atoms with E-state index in [4.69, 9.17) is 4.74 Å². The molecule has 0 saturated heterocycles. The zero-order chi connectivity index (χ0) is 9.80. The van der Waals surface area contributed by atoms with Crippen LogP contribution in [0.1, 0.15) is 32.6 Å². The summed E-state index contributed by atoms with van der Waals surface area (Å²) in [7, 11) is 0. The molecule has 1 saturated carbocycles. The van der Waals surface area contributed by atoms with Crippen molar-refractivity contribution in [2.24, 2.45) is 5.92 Å². The van der Waals surface area contributed by atoms with Crippen LogP contribution < -0.4 is 4.74 Å². The molecule has 1 fully saturated rings. The van der Waals surface area contributed by atoms with Crippen molar-refractivity contribution in [1.29, 1.82) is 0 Å². The van der Waals surface area contributed by atoms with E-state index in [1.54, 1.807) is 0 Å². The molecule has 78 valence electrons. The van der Waals surface area contributed by atoms with Gasteiger partial charge in [0, 0.05) is 6.54 Å². The van der Waals surface area contributed by atoms with Crippen molar-refractivity contribution >= 4 is 0 Å². The Balaban J connectivity index is 1.77. The summed E-state index contributed by atoms with van der Waals surface area (Å²) < 4.78 is 7.59. The third-order valence-corrected chi connectivity index (χ3v) is 2.77. The number of hydrogen-bond acceptors (Lipinski definition) is 2. The van der Waals surface area contributed by atoms with Gasteiger partial charge in [0.1, 0.15) is 0 Å². The summed E-state index contributed by atoms with van der Waals surface area (Å²) in [5, 5.41) is 4.22. The largest absolute Gasteiger partial charge is 0.490 e. The smallest absolute Gasteiger partial charge is 0.157 e. The van der Waals surface area contributed by atoms with Crippen LogP contribution in [0.4, 0.5) is 0 Å². The molecule has 1 aliphatic carbocycles. The minimum atomic E-state index is 0.796. The average Bonchev–Trinajstić information content (AvgIpc) is 2.51. The van der Waals surface area contributed by atoms with E-state index < -0.39 is 0 Å². The fourth-order valence-electron chi connectivity index (χ4n) is 1.64. The molecular formula is C11H18N2O. The fraction of sp³-hybridized carbons (Fsp3) is 0.727. The summed E-state index contributed by atoms with van der Waals surface area (Å²) in [6, 6.07) is 0. The van der Waals surface area contributed by atoms with Crippen molar-refractivity contribution in [1.82, 2.24) is 9.78 Å². The van der Waals surface area contributed by atoms with Crippen LogP contribution in [-0.2, 0) is 6.54 Å². The maximum Gasteiger partial charge on any atom is 0.157 e. The number of rotatable bonds is 5. The Labute approximate surface area is 85.1 Å². The zero-order valence-corrected chi connectivity index (χ0v) is 8.78. The number of aryl methyl sites for hydroxylation is 1. The lowest BCUT2D eigenvalue weighted by molar-refractivity contribution is 0.180. The number of nitrogens with zero attached hydrogens (tertiary/aromatic N) is 2. The topological polar surface area (TPSA) is 27.1 Å². The van der Waals surface area contributed by atoms with Crippen molar-refractivity contribution in [2.75, 3.05) is 6.61 Å². The van der Waals surface area contributed by atoms with E-state index in [0.717, 1.165) is 31.2 Å². The molecule has 1 heterocycles. The summed E-state index contributed by atoms with van der Waals surface area (Å²) in [5.74, 6) is 1.72. The van der Waals surface area contributed by atoms with Crippen LogP contribution in [0.25, 0.3) is 0 Å².